The molecule has 7 heteroatoms. The van der Waals surface area contributed by atoms with Crippen LogP contribution in [0, 0.1) is 0 Å². The number of hydrogen-bond donors (Lipinski definition) is 0. The van der Waals surface area contributed by atoms with Crippen LogP contribution in [0.3, 0.4) is 0 Å². The Labute approximate surface area is 223 Å². The average molecular weight is 543 g/mol. The molecule has 1 aliphatic heterocycles. The zero-order chi connectivity index (χ0) is 26.7. The van der Waals surface area contributed by atoms with Crippen molar-refractivity contribution < 1.29 is 18.4 Å². The molecule has 4 nitrogen and oxygen atoms in total. The highest BCUT2D eigenvalue weighted by Crippen LogP contribution is 2.57. The van der Waals surface area contributed by atoms with Gasteiger partial charge in [0.15, 0.2) is 22.2 Å². The molecule has 36 heavy (non-hydrogen) atoms. The van der Waals surface area contributed by atoms with Gasteiger partial charge in [-0.25, -0.2) is 4.79 Å². The molecule has 2 bridgehead atoms. The maximum Gasteiger partial charge on any atom is 0.342 e. The normalized spacial score (nSPS) is 24.8. The molecule has 2 aromatic rings. The van der Waals surface area contributed by atoms with Crippen LogP contribution in [0.4, 0.5) is 0 Å². The second kappa shape index (κ2) is 9.05. The lowest BCUT2D eigenvalue weighted by Crippen LogP contribution is -2.52. The van der Waals surface area contributed by atoms with E-state index in [1.807, 2.05) is 18.2 Å². The van der Waals surface area contributed by atoms with Gasteiger partial charge in [0.05, 0.1) is 0 Å². The van der Waals surface area contributed by atoms with E-state index in [-0.39, 0.29) is 28.3 Å². The van der Waals surface area contributed by atoms with Gasteiger partial charge >= 0.3 is 5.97 Å². The van der Waals surface area contributed by atoms with Crippen molar-refractivity contribution in [2.75, 3.05) is 0 Å². The largest absolute Gasteiger partial charge is 0.457 e. The molecule has 1 aromatic heterocycles. The summed E-state index contributed by atoms with van der Waals surface area (Å²) in [4.78, 5) is 15.9. The fourth-order valence-corrected chi connectivity index (χ4v) is 8.34. The monoisotopic (exact) mass is 542 g/mol. The van der Waals surface area contributed by atoms with E-state index >= 15 is 0 Å². The molecule has 0 amide bonds. The van der Waals surface area contributed by atoms with E-state index in [0.717, 1.165) is 20.9 Å². The highest BCUT2D eigenvalue weighted by atomic mass is 32.1. The summed E-state index contributed by atoms with van der Waals surface area (Å²) >= 11 is 1.71. The minimum atomic E-state index is -2.28. The fraction of sp³-hybridized carbons (Fsp3) is 0.552. The van der Waals surface area contributed by atoms with E-state index in [9.17, 15) is 4.79 Å². The summed E-state index contributed by atoms with van der Waals surface area (Å²) in [6.07, 6.45) is 4.20. The molecule has 4 rings (SSSR count). The van der Waals surface area contributed by atoms with Gasteiger partial charge in [-0.1, -0.05) is 78.0 Å². The molecule has 0 radical (unpaired) electrons. The predicted molar refractivity (Wildman–Crippen MR) is 155 cm³/mol. The minimum Gasteiger partial charge on any atom is -0.457 e. The number of carbonyl (C=O) groups excluding carboxylic acids is 1. The minimum absolute atomic E-state index is 0.0270. The Balaban J connectivity index is 1.82. The SMILES string of the molecule is CC(C)(C)[Si](C)(C)O[C@@H]1c2sc(C=Cc3ccccc3)cc2[C@]2(O[Si](C)(C)C(C)(C)C)C[C@H]1OC2=O. The Hall–Kier alpha value is -1.52. The van der Waals surface area contributed by atoms with Gasteiger partial charge in [0.2, 0.25) is 0 Å². The van der Waals surface area contributed by atoms with Crippen LogP contribution in [0.1, 0.15) is 74.9 Å². The summed E-state index contributed by atoms with van der Waals surface area (Å²) in [5, 5.41) is 0.0239. The highest BCUT2D eigenvalue weighted by molar-refractivity contribution is 7.13. The number of esters is 1. The third-order valence-electron chi connectivity index (χ3n) is 8.59. The molecule has 0 saturated carbocycles. The first-order valence-electron chi connectivity index (χ1n) is 12.9. The third kappa shape index (κ3) is 4.85. The van der Waals surface area contributed by atoms with E-state index < -0.39 is 22.2 Å². The van der Waals surface area contributed by atoms with Crippen molar-refractivity contribution in [3.05, 3.63) is 57.3 Å². The number of thiophene rings is 1. The van der Waals surface area contributed by atoms with Gasteiger partial charge in [-0.2, -0.15) is 0 Å². The smallest absolute Gasteiger partial charge is 0.342 e. The lowest BCUT2D eigenvalue weighted by Gasteiger charge is -2.45. The summed E-state index contributed by atoms with van der Waals surface area (Å²) in [6, 6.07) is 12.4. The van der Waals surface area contributed by atoms with Crippen molar-refractivity contribution in [1.82, 2.24) is 0 Å². The van der Waals surface area contributed by atoms with Crippen molar-refractivity contribution in [3.63, 3.8) is 0 Å². The number of carbonyl (C=O) groups is 1. The first kappa shape index (κ1) is 27.5. The topological polar surface area (TPSA) is 44.8 Å². The Kier molecular flexibility index (Phi) is 6.92. The molecule has 0 N–H and O–H groups in total. The highest BCUT2D eigenvalue weighted by Gasteiger charge is 2.63. The molecule has 0 unspecified atom stereocenters. The van der Waals surface area contributed by atoms with Gasteiger partial charge in [-0.05, 0) is 54.0 Å². The molecule has 2 aliphatic rings. The Bertz CT molecular complexity index is 1150. The summed E-state index contributed by atoms with van der Waals surface area (Å²) in [5.74, 6) is -0.253. The molecular weight excluding hydrogens is 501 g/mol. The van der Waals surface area contributed by atoms with Crippen LogP contribution in [0.15, 0.2) is 36.4 Å². The van der Waals surface area contributed by atoms with E-state index in [2.05, 4.69) is 98.1 Å². The summed E-state index contributed by atoms with van der Waals surface area (Å²) in [6.45, 7) is 22.3. The van der Waals surface area contributed by atoms with Crippen LogP contribution in [-0.2, 0) is 24.0 Å². The van der Waals surface area contributed by atoms with E-state index in [0.29, 0.717) is 6.42 Å². The maximum atomic E-state index is 13.7. The number of ether oxygens (including phenoxy) is 1. The van der Waals surface area contributed by atoms with Crippen LogP contribution in [-0.4, -0.2) is 28.7 Å². The van der Waals surface area contributed by atoms with Gasteiger partial charge in [0.1, 0.15) is 12.2 Å². The first-order chi connectivity index (χ1) is 16.5. The van der Waals surface area contributed by atoms with Crippen molar-refractivity contribution in [1.29, 1.82) is 0 Å². The van der Waals surface area contributed by atoms with Crippen LogP contribution in [0.2, 0.25) is 36.3 Å². The molecule has 0 spiro atoms. The van der Waals surface area contributed by atoms with Crippen molar-refractivity contribution in [3.8, 4) is 0 Å². The summed E-state index contributed by atoms with van der Waals surface area (Å²) in [7, 11) is -4.40. The molecule has 1 aliphatic carbocycles. The molecule has 3 atom stereocenters. The summed E-state index contributed by atoms with van der Waals surface area (Å²) in [5.41, 5.74) is 1.05. The number of benzene rings is 1. The lowest BCUT2D eigenvalue weighted by atomic mass is 9.83. The van der Waals surface area contributed by atoms with E-state index in [1.54, 1.807) is 11.3 Å². The van der Waals surface area contributed by atoms with Crippen LogP contribution < -0.4 is 0 Å². The van der Waals surface area contributed by atoms with Gasteiger partial charge < -0.3 is 13.6 Å². The van der Waals surface area contributed by atoms with Gasteiger partial charge in [0.25, 0.3) is 0 Å². The first-order valence-corrected chi connectivity index (χ1v) is 19.6. The second-order valence-corrected chi connectivity index (χ2v) is 23.9. The predicted octanol–water partition coefficient (Wildman–Crippen LogP) is 8.53. The van der Waals surface area contributed by atoms with Gasteiger partial charge in [-0.15, -0.1) is 11.3 Å². The number of fused-ring (bicyclic) bond motifs is 4. The van der Waals surface area contributed by atoms with E-state index in [4.69, 9.17) is 13.6 Å². The molecule has 1 fully saturated rings. The number of hydrogen-bond acceptors (Lipinski definition) is 5. The van der Waals surface area contributed by atoms with Crippen molar-refractivity contribution >= 4 is 46.1 Å². The molecule has 2 heterocycles. The van der Waals surface area contributed by atoms with Crippen molar-refractivity contribution in [2.45, 2.75) is 102 Å². The Morgan fingerprint density at radius 2 is 1.58 bits per heavy atom. The van der Waals surface area contributed by atoms with E-state index in [1.165, 1.54) is 0 Å². The third-order valence-corrected chi connectivity index (χ3v) is 18.7. The molecule has 1 aromatic carbocycles. The van der Waals surface area contributed by atoms with Gasteiger partial charge in [0, 0.05) is 21.7 Å². The molecule has 196 valence electrons. The summed E-state index contributed by atoms with van der Waals surface area (Å²) < 4.78 is 20.0. The zero-order valence-corrected chi connectivity index (χ0v) is 26.3. The molecular formula is C29H42O4SSi2. The fourth-order valence-electron chi connectivity index (χ4n) is 4.33. The zero-order valence-electron chi connectivity index (χ0n) is 23.5. The Morgan fingerprint density at radius 1 is 0.972 bits per heavy atom. The van der Waals surface area contributed by atoms with Crippen molar-refractivity contribution in [2.24, 2.45) is 0 Å². The van der Waals surface area contributed by atoms with Gasteiger partial charge in [-0.3, -0.25) is 0 Å². The average Bonchev–Trinajstić information content (AvgIpc) is 3.30. The lowest BCUT2D eigenvalue weighted by molar-refractivity contribution is -0.155. The van der Waals surface area contributed by atoms with Crippen LogP contribution in [0.25, 0.3) is 12.2 Å². The quantitative estimate of drug-likeness (QED) is 0.271. The second-order valence-electron chi connectivity index (χ2n) is 13.3. The van der Waals surface area contributed by atoms with Crippen LogP contribution >= 0.6 is 11.3 Å². The molecule has 1 saturated heterocycles. The standard InChI is InChI=1S/C29H42O4SSi2/c1-27(2,3)35(7,8)32-24-23-19-29(26(30)31-23,33-36(9,10)28(4,5)6)22-18-21(34-25(22)24)17-16-20-14-12-11-13-15-20/h11-18,23-24H,19H2,1-10H3/t23-,24+,29-/m1/s1. The van der Waals surface area contributed by atoms with Crippen LogP contribution in [0.5, 0.6) is 0 Å². The maximum absolute atomic E-state index is 13.7. The Morgan fingerprint density at radius 3 is 2.17 bits per heavy atom. The number of rotatable bonds is 6.